The summed E-state index contributed by atoms with van der Waals surface area (Å²) >= 11 is 5.92. The first-order valence-corrected chi connectivity index (χ1v) is 10.3. The van der Waals surface area contributed by atoms with E-state index < -0.39 is 11.6 Å². The third kappa shape index (κ3) is 5.55. The van der Waals surface area contributed by atoms with Crippen molar-refractivity contribution in [2.45, 2.75) is 32.4 Å². The van der Waals surface area contributed by atoms with E-state index in [9.17, 15) is 9.59 Å². The topological polar surface area (TPSA) is 72.2 Å². The van der Waals surface area contributed by atoms with Gasteiger partial charge in [-0.3, -0.25) is 9.69 Å². The van der Waals surface area contributed by atoms with E-state index in [4.69, 9.17) is 20.8 Å². The van der Waals surface area contributed by atoms with Crippen LogP contribution in [0.2, 0.25) is 5.02 Å². The van der Waals surface area contributed by atoms with E-state index in [1.165, 1.54) is 7.11 Å². The molecule has 0 saturated carbocycles. The Morgan fingerprint density at radius 2 is 1.80 bits per heavy atom. The fourth-order valence-electron chi connectivity index (χ4n) is 3.45. The quantitative estimate of drug-likeness (QED) is 0.647. The van der Waals surface area contributed by atoms with E-state index in [-0.39, 0.29) is 11.7 Å². The highest BCUT2D eigenvalue weighted by atomic mass is 35.5. The first-order valence-electron chi connectivity index (χ1n) is 9.92. The van der Waals surface area contributed by atoms with Crippen molar-refractivity contribution in [3.05, 3.63) is 52.9 Å². The lowest BCUT2D eigenvalue weighted by molar-refractivity contribution is -0.145. The van der Waals surface area contributed by atoms with Crippen LogP contribution >= 0.6 is 11.6 Å². The van der Waals surface area contributed by atoms with Crippen LogP contribution in [0.3, 0.4) is 0 Å². The summed E-state index contributed by atoms with van der Waals surface area (Å²) < 4.78 is 16.2. The molecule has 2 aromatic rings. The van der Waals surface area contributed by atoms with Gasteiger partial charge in [-0.15, -0.1) is 0 Å². The lowest BCUT2D eigenvalue weighted by Crippen LogP contribution is -2.50. The van der Waals surface area contributed by atoms with Crippen LogP contribution in [0.4, 0.5) is 0 Å². The first kappa shape index (κ1) is 22.2. The molecule has 0 N–H and O–H groups in total. The number of carbonyl (C=O) groups is 2. The molecule has 3 rings (SSSR count). The zero-order chi connectivity index (χ0) is 21.7. The lowest BCUT2D eigenvalue weighted by Gasteiger charge is -2.31. The summed E-state index contributed by atoms with van der Waals surface area (Å²) in [6, 6.07) is 10.4. The monoisotopic (exact) mass is 434 g/mol. The summed E-state index contributed by atoms with van der Waals surface area (Å²) in [5, 5.41) is 0.620. The van der Waals surface area contributed by atoms with Crippen LogP contribution in [-0.4, -0.2) is 60.6 Å². The summed E-state index contributed by atoms with van der Waals surface area (Å²) in [6.07, 6.45) is 0.841. The fourth-order valence-corrected chi connectivity index (χ4v) is 3.57. The normalized spacial score (nSPS) is 15.5. The molecule has 1 saturated heterocycles. The number of nitrogens with zero attached hydrogens (tertiary/aromatic N) is 2. The molecule has 0 aliphatic carbocycles. The van der Waals surface area contributed by atoms with Gasteiger partial charge in [-0.05, 0) is 56.7 Å². The number of rotatable bonds is 6. The predicted octanol–water partition coefficient (Wildman–Crippen LogP) is 3.61. The molecule has 1 amide bonds. The SMILES string of the molecule is COC(=O)c1ccc(CN2CCCN(C(=O)C(C)(C)Oc3ccc(Cl)cc3)CC2)o1. The molecule has 0 radical (unpaired) electrons. The molecule has 0 unspecified atom stereocenters. The van der Waals surface area contributed by atoms with Crippen LogP contribution in [0.25, 0.3) is 0 Å². The molecular weight excluding hydrogens is 408 g/mol. The third-order valence-electron chi connectivity index (χ3n) is 5.01. The van der Waals surface area contributed by atoms with E-state index in [0.717, 1.165) is 13.0 Å². The first-order chi connectivity index (χ1) is 14.3. The molecule has 1 aliphatic heterocycles. The zero-order valence-corrected chi connectivity index (χ0v) is 18.3. The van der Waals surface area contributed by atoms with E-state index in [0.29, 0.717) is 42.7 Å². The van der Waals surface area contributed by atoms with Crippen molar-refractivity contribution in [1.82, 2.24) is 9.80 Å². The standard InChI is InChI=1S/C22H27ClN2O5/c1-22(2,30-17-7-5-16(23)6-8-17)21(27)25-12-4-11-24(13-14-25)15-18-9-10-19(29-18)20(26)28-3/h5-10H,4,11-15H2,1-3H3. The van der Waals surface area contributed by atoms with Gasteiger partial charge in [0.2, 0.25) is 5.76 Å². The predicted molar refractivity (Wildman–Crippen MR) is 113 cm³/mol. The van der Waals surface area contributed by atoms with Crippen LogP contribution in [0.1, 0.15) is 36.6 Å². The Morgan fingerprint density at radius 1 is 1.07 bits per heavy atom. The number of ether oxygens (including phenoxy) is 2. The molecule has 1 aromatic heterocycles. The molecule has 2 heterocycles. The Balaban J connectivity index is 1.57. The number of esters is 1. The van der Waals surface area contributed by atoms with Crippen molar-refractivity contribution in [3.8, 4) is 5.75 Å². The van der Waals surface area contributed by atoms with Gasteiger partial charge >= 0.3 is 5.97 Å². The lowest BCUT2D eigenvalue weighted by atomic mass is 10.1. The van der Waals surface area contributed by atoms with Gasteiger partial charge in [0.25, 0.3) is 5.91 Å². The second kappa shape index (κ2) is 9.53. The smallest absolute Gasteiger partial charge is 0.373 e. The van der Waals surface area contributed by atoms with Crippen LogP contribution in [0.15, 0.2) is 40.8 Å². The Kier molecular flexibility index (Phi) is 7.05. The Bertz CT molecular complexity index is 878. The summed E-state index contributed by atoms with van der Waals surface area (Å²) in [7, 11) is 1.32. The van der Waals surface area contributed by atoms with Gasteiger partial charge in [-0.25, -0.2) is 4.79 Å². The number of methoxy groups -OCH3 is 1. The number of furan rings is 1. The van der Waals surface area contributed by atoms with Crippen molar-refractivity contribution in [2.75, 3.05) is 33.3 Å². The second-order valence-electron chi connectivity index (χ2n) is 7.75. The third-order valence-corrected chi connectivity index (χ3v) is 5.26. The number of halogens is 1. The van der Waals surface area contributed by atoms with Crippen molar-refractivity contribution in [2.24, 2.45) is 0 Å². The Hall–Kier alpha value is -2.51. The maximum atomic E-state index is 13.1. The molecule has 0 atom stereocenters. The zero-order valence-electron chi connectivity index (χ0n) is 17.5. The highest BCUT2D eigenvalue weighted by molar-refractivity contribution is 6.30. The molecule has 1 fully saturated rings. The van der Waals surface area contributed by atoms with E-state index >= 15 is 0 Å². The van der Waals surface area contributed by atoms with Crippen LogP contribution < -0.4 is 4.74 Å². The van der Waals surface area contributed by atoms with Crippen molar-refractivity contribution in [3.63, 3.8) is 0 Å². The van der Waals surface area contributed by atoms with Crippen molar-refractivity contribution in [1.29, 1.82) is 0 Å². The molecule has 0 spiro atoms. The number of hydrogen-bond acceptors (Lipinski definition) is 6. The summed E-state index contributed by atoms with van der Waals surface area (Å²) in [5.74, 6) is 0.956. The van der Waals surface area contributed by atoms with Crippen LogP contribution in [0, 0.1) is 0 Å². The number of hydrogen-bond donors (Lipinski definition) is 0. The van der Waals surface area contributed by atoms with Gasteiger partial charge in [0.15, 0.2) is 5.60 Å². The minimum Gasteiger partial charge on any atom is -0.478 e. The minimum absolute atomic E-state index is 0.0507. The second-order valence-corrected chi connectivity index (χ2v) is 8.18. The highest BCUT2D eigenvalue weighted by Crippen LogP contribution is 2.23. The van der Waals surface area contributed by atoms with E-state index in [1.54, 1.807) is 50.2 Å². The summed E-state index contributed by atoms with van der Waals surface area (Å²) in [4.78, 5) is 28.7. The summed E-state index contributed by atoms with van der Waals surface area (Å²) in [5.41, 5.74) is -0.987. The fraction of sp³-hybridized carbons (Fsp3) is 0.455. The molecule has 30 heavy (non-hydrogen) atoms. The van der Waals surface area contributed by atoms with Gasteiger partial charge in [-0.2, -0.15) is 0 Å². The van der Waals surface area contributed by atoms with Gasteiger partial charge in [0.1, 0.15) is 11.5 Å². The van der Waals surface area contributed by atoms with Crippen LogP contribution in [0.5, 0.6) is 5.75 Å². The molecule has 7 nitrogen and oxygen atoms in total. The number of carbonyl (C=O) groups excluding carboxylic acids is 2. The maximum Gasteiger partial charge on any atom is 0.373 e. The Morgan fingerprint density at radius 3 is 2.50 bits per heavy atom. The summed E-state index contributed by atoms with van der Waals surface area (Å²) in [6.45, 7) is 6.93. The molecule has 162 valence electrons. The van der Waals surface area contributed by atoms with Crippen molar-refractivity contribution >= 4 is 23.5 Å². The highest BCUT2D eigenvalue weighted by Gasteiger charge is 2.35. The average Bonchev–Trinajstić information content (AvgIpc) is 3.06. The molecule has 8 heteroatoms. The van der Waals surface area contributed by atoms with Gasteiger partial charge in [0, 0.05) is 31.2 Å². The minimum atomic E-state index is -0.987. The van der Waals surface area contributed by atoms with Gasteiger partial charge < -0.3 is 18.8 Å². The maximum absolute atomic E-state index is 13.1. The molecule has 1 aliphatic rings. The number of benzene rings is 1. The van der Waals surface area contributed by atoms with Gasteiger partial charge in [0.05, 0.1) is 13.7 Å². The molecular formula is C22H27ClN2O5. The van der Waals surface area contributed by atoms with Gasteiger partial charge in [-0.1, -0.05) is 11.6 Å². The average molecular weight is 435 g/mol. The van der Waals surface area contributed by atoms with E-state index in [2.05, 4.69) is 9.64 Å². The molecule has 0 bridgehead atoms. The van der Waals surface area contributed by atoms with E-state index in [1.807, 2.05) is 4.90 Å². The van der Waals surface area contributed by atoms with Crippen LogP contribution in [-0.2, 0) is 16.1 Å². The van der Waals surface area contributed by atoms with Crippen molar-refractivity contribution < 1.29 is 23.5 Å². The number of amides is 1. The molecule has 1 aromatic carbocycles. The Labute approximate surface area is 181 Å². The largest absolute Gasteiger partial charge is 0.478 e.